The monoisotopic (exact) mass is 228 g/mol. The van der Waals surface area contributed by atoms with E-state index in [2.05, 4.69) is 37.9 Å². The fraction of sp³-hybridized carbons (Fsp3) is 1.00. The molecule has 1 heterocycles. The number of β-amino-alcohol motifs (C(OH)–C–C–N with tert-alkyl or cyclic N) is 1. The molecule has 1 aliphatic heterocycles. The van der Waals surface area contributed by atoms with Gasteiger partial charge < -0.3 is 15.3 Å². The molecular formula is C13H28N2O. The summed E-state index contributed by atoms with van der Waals surface area (Å²) in [7, 11) is 0. The molecule has 0 amide bonds. The molecule has 2 atom stereocenters. The molecule has 2 unspecified atom stereocenters. The summed E-state index contributed by atoms with van der Waals surface area (Å²) in [6.45, 7) is 13.1. The van der Waals surface area contributed by atoms with E-state index in [-0.39, 0.29) is 6.10 Å². The van der Waals surface area contributed by atoms with Crippen LogP contribution in [0.4, 0.5) is 0 Å². The first-order valence-corrected chi connectivity index (χ1v) is 6.59. The van der Waals surface area contributed by atoms with Crippen molar-refractivity contribution in [3.8, 4) is 0 Å². The highest BCUT2D eigenvalue weighted by molar-refractivity contribution is 4.84. The van der Waals surface area contributed by atoms with Crippen LogP contribution in [0, 0.1) is 5.41 Å². The van der Waals surface area contributed by atoms with E-state index in [4.69, 9.17) is 0 Å². The number of aliphatic hydroxyl groups excluding tert-OH is 1. The molecule has 1 rings (SSSR count). The smallest absolute Gasteiger partial charge is 0.0679 e. The molecule has 0 aromatic rings. The van der Waals surface area contributed by atoms with Gasteiger partial charge in [0.2, 0.25) is 0 Å². The predicted molar refractivity (Wildman–Crippen MR) is 68.6 cm³/mol. The first-order chi connectivity index (χ1) is 7.45. The van der Waals surface area contributed by atoms with Crippen molar-refractivity contribution in [2.45, 2.75) is 52.7 Å². The van der Waals surface area contributed by atoms with Gasteiger partial charge in [-0.3, -0.25) is 0 Å². The quantitative estimate of drug-likeness (QED) is 0.722. The van der Waals surface area contributed by atoms with Crippen molar-refractivity contribution in [3.05, 3.63) is 0 Å². The Morgan fingerprint density at radius 3 is 2.62 bits per heavy atom. The van der Waals surface area contributed by atoms with Gasteiger partial charge in [-0.2, -0.15) is 0 Å². The Morgan fingerprint density at radius 2 is 2.19 bits per heavy atom. The molecule has 16 heavy (non-hydrogen) atoms. The van der Waals surface area contributed by atoms with E-state index in [1.165, 1.54) is 6.42 Å². The van der Waals surface area contributed by atoms with Crippen molar-refractivity contribution in [3.63, 3.8) is 0 Å². The Morgan fingerprint density at radius 1 is 1.50 bits per heavy atom. The number of hydrogen-bond acceptors (Lipinski definition) is 3. The van der Waals surface area contributed by atoms with Crippen LogP contribution in [0.2, 0.25) is 0 Å². The third-order valence-electron chi connectivity index (χ3n) is 3.64. The van der Waals surface area contributed by atoms with Crippen LogP contribution < -0.4 is 5.32 Å². The second kappa shape index (κ2) is 5.99. The SMILES string of the molecule is CCC(C)(CNC(C)C)CN1CCC(O)C1. The minimum atomic E-state index is -0.0980. The average molecular weight is 228 g/mol. The average Bonchev–Trinajstić information content (AvgIpc) is 2.61. The van der Waals surface area contributed by atoms with Gasteiger partial charge in [-0.15, -0.1) is 0 Å². The van der Waals surface area contributed by atoms with Crippen LogP contribution in [0.5, 0.6) is 0 Å². The van der Waals surface area contributed by atoms with E-state index < -0.39 is 0 Å². The van der Waals surface area contributed by atoms with Gasteiger partial charge in [0, 0.05) is 32.2 Å². The molecule has 3 heteroatoms. The van der Waals surface area contributed by atoms with Gasteiger partial charge in [0.05, 0.1) is 6.10 Å². The number of hydrogen-bond donors (Lipinski definition) is 2. The lowest BCUT2D eigenvalue weighted by Gasteiger charge is -2.34. The van der Waals surface area contributed by atoms with Crippen LogP contribution in [0.25, 0.3) is 0 Å². The molecule has 0 bridgehead atoms. The van der Waals surface area contributed by atoms with Crippen LogP contribution >= 0.6 is 0 Å². The summed E-state index contributed by atoms with van der Waals surface area (Å²) in [5, 5.41) is 13.1. The fourth-order valence-corrected chi connectivity index (χ4v) is 2.24. The summed E-state index contributed by atoms with van der Waals surface area (Å²) >= 11 is 0. The normalized spacial score (nSPS) is 26.2. The van der Waals surface area contributed by atoms with Crippen molar-refractivity contribution < 1.29 is 5.11 Å². The zero-order valence-electron chi connectivity index (χ0n) is 11.3. The lowest BCUT2D eigenvalue weighted by atomic mass is 9.86. The van der Waals surface area contributed by atoms with Gasteiger partial charge in [-0.05, 0) is 18.3 Å². The van der Waals surface area contributed by atoms with Crippen LogP contribution in [0.1, 0.15) is 40.5 Å². The van der Waals surface area contributed by atoms with Gasteiger partial charge >= 0.3 is 0 Å². The van der Waals surface area contributed by atoms with Gasteiger partial charge in [0.15, 0.2) is 0 Å². The second-order valence-corrected chi connectivity index (χ2v) is 5.88. The van der Waals surface area contributed by atoms with Crippen LogP contribution in [0.15, 0.2) is 0 Å². The molecule has 2 N–H and O–H groups in total. The molecule has 0 radical (unpaired) electrons. The summed E-state index contributed by atoms with van der Waals surface area (Å²) < 4.78 is 0. The number of aliphatic hydroxyl groups is 1. The highest BCUT2D eigenvalue weighted by Gasteiger charge is 2.29. The maximum atomic E-state index is 9.53. The Labute approximate surface area is 100 Å². The molecular weight excluding hydrogens is 200 g/mol. The fourth-order valence-electron chi connectivity index (χ4n) is 2.24. The van der Waals surface area contributed by atoms with Gasteiger partial charge in [0.25, 0.3) is 0 Å². The molecule has 3 nitrogen and oxygen atoms in total. The van der Waals surface area contributed by atoms with E-state index in [1.807, 2.05) is 0 Å². The second-order valence-electron chi connectivity index (χ2n) is 5.88. The van der Waals surface area contributed by atoms with Crippen molar-refractivity contribution in [2.75, 3.05) is 26.2 Å². The van der Waals surface area contributed by atoms with E-state index in [1.54, 1.807) is 0 Å². The van der Waals surface area contributed by atoms with Gasteiger partial charge in [-0.25, -0.2) is 0 Å². The molecule has 0 aromatic heterocycles. The summed E-state index contributed by atoms with van der Waals surface area (Å²) in [5.41, 5.74) is 0.328. The maximum Gasteiger partial charge on any atom is 0.0679 e. The highest BCUT2D eigenvalue weighted by atomic mass is 16.3. The van der Waals surface area contributed by atoms with E-state index >= 15 is 0 Å². The molecule has 1 fully saturated rings. The first kappa shape index (κ1) is 13.9. The summed E-state index contributed by atoms with van der Waals surface area (Å²) in [6.07, 6.45) is 2.02. The molecule has 1 saturated heterocycles. The first-order valence-electron chi connectivity index (χ1n) is 6.59. The molecule has 0 aliphatic carbocycles. The Bertz CT molecular complexity index is 208. The lowest BCUT2D eigenvalue weighted by molar-refractivity contribution is 0.142. The van der Waals surface area contributed by atoms with E-state index in [0.29, 0.717) is 11.5 Å². The Hall–Kier alpha value is -0.120. The third-order valence-corrected chi connectivity index (χ3v) is 3.64. The van der Waals surface area contributed by atoms with E-state index in [0.717, 1.165) is 32.6 Å². The van der Waals surface area contributed by atoms with Crippen molar-refractivity contribution in [1.29, 1.82) is 0 Å². The molecule has 0 saturated carbocycles. The zero-order valence-corrected chi connectivity index (χ0v) is 11.3. The van der Waals surface area contributed by atoms with Gasteiger partial charge in [-0.1, -0.05) is 27.7 Å². The zero-order chi connectivity index (χ0) is 12.2. The largest absolute Gasteiger partial charge is 0.392 e. The van der Waals surface area contributed by atoms with Crippen molar-refractivity contribution in [1.82, 2.24) is 10.2 Å². The van der Waals surface area contributed by atoms with Crippen LogP contribution in [0.3, 0.4) is 0 Å². The van der Waals surface area contributed by atoms with Crippen molar-refractivity contribution in [2.24, 2.45) is 5.41 Å². The molecule has 0 spiro atoms. The summed E-state index contributed by atoms with van der Waals surface area (Å²) in [5.74, 6) is 0. The number of rotatable bonds is 6. The van der Waals surface area contributed by atoms with Crippen LogP contribution in [-0.4, -0.2) is 48.3 Å². The maximum absolute atomic E-state index is 9.53. The standard InChI is InChI=1S/C13H28N2O/c1-5-13(4,9-14-11(2)3)10-15-7-6-12(16)8-15/h11-12,14,16H,5-10H2,1-4H3. The van der Waals surface area contributed by atoms with Gasteiger partial charge in [0.1, 0.15) is 0 Å². The third kappa shape index (κ3) is 4.40. The topological polar surface area (TPSA) is 35.5 Å². The lowest BCUT2D eigenvalue weighted by Crippen LogP contribution is -2.43. The number of nitrogens with one attached hydrogen (secondary N) is 1. The summed E-state index contributed by atoms with van der Waals surface area (Å²) in [6, 6.07) is 0.551. The number of nitrogens with zero attached hydrogens (tertiary/aromatic N) is 1. The minimum Gasteiger partial charge on any atom is -0.392 e. The minimum absolute atomic E-state index is 0.0980. The van der Waals surface area contributed by atoms with Crippen molar-refractivity contribution >= 4 is 0 Å². The number of likely N-dealkylation sites (tertiary alicyclic amines) is 1. The predicted octanol–water partition coefficient (Wildman–Crippen LogP) is 1.47. The molecule has 1 aliphatic rings. The summed E-state index contributed by atoms with van der Waals surface area (Å²) in [4.78, 5) is 2.40. The molecule has 0 aromatic carbocycles. The Balaban J connectivity index is 2.39. The molecule has 96 valence electrons. The Kier molecular flexibility index (Phi) is 5.22. The highest BCUT2D eigenvalue weighted by Crippen LogP contribution is 2.24. The van der Waals surface area contributed by atoms with E-state index in [9.17, 15) is 5.11 Å². The van der Waals surface area contributed by atoms with Crippen LogP contribution in [-0.2, 0) is 0 Å².